The van der Waals surface area contributed by atoms with Gasteiger partial charge in [-0.15, -0.1) is 0 Å². The van der Waals surface area contributed by atoms with Gasteiger partial charge in [0.1, 0.15) is 35.5 Å². The lowest BCUT2D eigenvalue weighted by atomic mass is 10.0. The number of hydrogen-bond donors (Lipinski definition) is 1. The molecule has 0 fully saturated rings. The van der Waals surface area contributed by atoms with Gasteiger partial charge in [-0.05, 0) is 38.6 Å². The average molecular weight is 440 g/mol. The molecule has 3 aromatic heterocycles. The van der Waals surface area contributed by atoms with E-state index >= 15 is 0 Å². The van der Waals surface area contributed by atoms with Gasteiger partial charge >= 0.3 is 0 Å². The second kappa shape index (κ2) is 9.35. The average Bonchev–Trinajstić information content (AvgIpc) is 3.04. The Balaban J connectivity index is 2.09. The number of nitrogens with one attached hydrogen (secondary N) is 1. The highest BCUT2D eigenvalue weighted by molar-refractivity contribution is 6.76. The molecule has 0 saturated carbocycles. The van der Waals surface area contributed by atoms with Gasteiger partial charge in [0.2, 0.25) is 0 Å². The monoisotopic (exact) mass is 439 g/mol. The van der Waals surface area contributed by atoms with Crippen LogP contribution in [0.25, 0.3) is 21.9 Å². The van der Waals surface area contributed by atoms with Crippen LogP contribution in [0, 0.1) is 11.3 Å². The van der Waals surface area contributed by atoms with Gasteiger partial charge in [0.15, 0.2) is 0 Å². The minimum Gasteiger partial charge on any atom is -0.485 e. The lowest BCUT2D eigenvalue weighted by Crippen LogP contribution is -2.41. The fourth-order valence-corrected chi connectivity index (χ4v) is 4.31. The summed E-state index contributed by atoms with van der Waals surface area (Å²) in [7, 11) is 0.753. The van der Waals surface area contributed by atoms with E-state index in [0.717, 1.165) is 46.7 Å². The third-order valence-electron chi connectivity index (χ3n) is 5.58. The van der Waals surface area contributed by atoms with Gasteiger partial charge in [-0.1, -0.05) is 26.6 Å². The molecule has 0 aliphatic carbocycles. The van der Waals surface area contributed by atoms with Crippen molar-refractivity contribution in [2.24, 2.45) is 0 Å². The molecule has 0 saturated heterocycles. The van der Waals surface area contributed by atoms with Crippen LogP contribution in [0.2, 0.25) is 25.7 Å². The standard InChI is InChI=1S/C23H33N5O2Si/c1-7-23(2,15-25-3)30-20-8-9-26-22-21(20)18-12-17(13-24)27-14-19(18)28(22)16-29-10-11-31(4,5)6/h8-9,12,14,25H,7,10-11,15-16H2,1-6H3. The van der Waals surface area contributed by atoms with Crippen molar-refractivity contribution in [3.8, 4) is 11.8 Å². The first-order chi connectivity index (χ1) is 14.7. The van der Waals surface area contributed by atoms with Crippen molar-refractivity contribution in [3.63, 3.8) is 0 Å². The van der Waals surface area contributed by atoms with E-state index in [0.29, 0.717) is 19.0 Å². The summed E-state index contributed by atoms with van der Waals surface area (Å²) >= 11 is 0. The van der Waals surface area contributed by atoms with Crippen LogP contribution in [0.5, 0.6) is 5.75 Å². The molecule has 1 atom stereocenters. The lowest BCUT2D eigenvalue weighted by molar-refractivity contribution is 0.0873. The molecule has 3 heterocycles. The number of hydrogen-bond acceptors (Lipinski definition) is 6. The molecule has 7 nitrogen and oxygen atoms in total. The number of aromatic nitrogens is 3. The van der Waals surface area contributed by atoms with Crippen LogP contribution in [0.1, 0.15) is 26.0 Å². The van der Waals surface area contributed by atoms with Crippen molar-refractivity contribution in [3.05, 3.63) is 30.2 Å². The zero-order chi connectivity index (χ0) is 22.6. The molecule has 1 unspecified atom stereocenters. The Morgan fingerprint density at radius 3 is 2.71 bits per heavy atom. The van der Waals surface area contributed by atoms with Crippen molar-refractivity contribution in [1.82, 2.24) is 19.9 Å². The Kier molecular flexibility index (Phi) is 6.99. The number of ether oxygens (including phenoxy) is 2. The van der Waals surface area contributed by atoms with Crippen LogP contribution in [0.3, 0.4) is 0 Å². The minimum absolute atomic E-state index is 0.365. The van der Waals surface area contributed by atoms with Crippen LogP contribution in [0.4, 0.5) is 0 Å². The number of pyridine rings is 2. The predicted octanol–water partition coefficient (Wildman–Crippen LogP) is 4.54. The highest BCUT2D eigenvalue weighted by Crippen LogP contribution is 2.36. The Hall–Kier alpha value is -2.47. The van der Waals surface area contributed by atoms with Gasteiger partial charge < -0.3 is 14.8 Å². The number of fused-ring (bicyclic) bond motifs is 3. The normalized spacial score (nSPS) is 14.0. The van der Waals surface area contributed by atoms with Gasteiger partial charge in [-0.2, -0.15) is 5.26 Å². The first-order valence-corrected chi connectivity index (χ1v) is 14.5. The highest BCUT2D eigenvalue weighted by Gasteiger charge is 2.26. The predicted molar refractivity (Wildman–Crippen MR) is 127 cm³/mol. The molecule has 0 aliphatic heterocycles. The van der Waals surface area contributed by atoms with E-state index in [4.69, 9.17) is 9.47 Å². The zero-order valence-electron chi connectivity index (χ0n) is 19.5. The van der Waals surface area contributed by atoms with Crippen LogP contribution >= 0.6 is 0 Å². The second-order valence-electron chi connectivity index (χ2n) is 9.42. The summed E-state index contributed by atoms with van der Waals surface area (Å²) in [6.45, 7) is 13.0. The molecule has 166 valence electrons. The van der Waals surface area contributed by atoms with E-state index in [1.165, 1.54) is 0 Å². The zero-order valence-corrected chi connectivity index (χ0v) is 20.5. The van der Waals surface area contributed by atoms with E-state index in [9.17, 15) is 5.26 Å². The van der Waals surface area contributed by atoms with Crippen LogP contribution in [-0.4, -0.2) is 48.4 Å². The van der Waals surface area contributed by atoms with E-state index in [-0.39, 0.29) is 5.60 Å². The van der Waals surface area contributed by atoms with Crippen molar-refractivity contribution in [1.29, 1.82) is 5.26 Å². The molecule has 0 radical (unpaired) electrons. The molecular formula is C23H33N5O2Si. The van der Waals surface area contributed by atoms with Crippen molar-refractivity contribution < 1.29 is 9.47 Å². The van der Waals surface area contributed by atoms with Gasteiger partial charge in [0.05, 0.1) is 17.1 Å². The van der Waals surface area contributed by atoms with Crippen LogP contribution < -0.4 is 10.1 Å². The summed E-state index contributed by atoms with van der Waals surface area (Å²) in [6, 6.07) is 6.95. The summed E-state index contributed by atoms with van der Waals surface area (Å²) in [4.78, 5) is 8.94. The van der Waals surface area contributed by atoms with Crippen LogP contribution in [0.15, 0.2) is 24.5 Å². The fourth-order valence-electron chi connectivity index (χ4n) is 3.55. The van der Waals surface area contributed by atoms with Crippen molar-refractivity contribution in [2.45, 2.75) is 58.3 Å². The Bertz CT molecular complexity index is 1100. The summed E-state index contributed by atoms with van der Waals surface area (Å²) < 4.78 is 14.6. The molecule has 0 bridgehead atoms. The SMILES string of the molecule is CCC(C)(CNC)Oc1ccnc2c1c1cc(C#N)ncc1n2COCC[Si](C)(C)C. The largest absolute Gasteiger partial charge is 0.485 e. The summed E-state index contributed by atoms with van der Waals surface area (Å²) in [5, 5.41) is 14.4. The van der Waals surface area contributed by atoms with E-state index in [1.54, 1.807) is 12.4 Å². The summed E-state index contributed by atoms with van der Waals surface area (Å²) in [5.74, 6) is 0.755. The number of nitrogens with zero attached hydrogens (tertiary/aromatic N) is 4. The number of rotatable bonds is 10. The molecule has 8 heteroatoms. The van der Waals surface area contributed by atoms with Crippen LogP contribution in [-0.2, 0) is 11.5 Å². The Morgan fingerprint density at radius 2 is 2.06 bits per heavy atom. The molecule has 0 amide bonds. The van der Waals surface area contributed by atoms with E-state index in [2.05, 4.69) is 54.8 Å². The molecular weight excluding hydrogens is 406 g/mol. The third-order valence-corrected chi connectivity index (χ3v) is 7.28. The molecule has 3 aromatic rings. The molecule has 1 N–H and O–H groups in total. The number of likely N-dealkylation sites (N-methyl/N-ethyl adjacent to an activating group) is 1. The first-order valence-electron chi connectivity index (χ1n) is 10.8. The van der Waals surface area contributed by atoms with Gasteiger partial charge in [-0.25, -0.2) is 9.97 Å². The smallest absolute Gasteiger partial charge is 0.146 e. The van der Waals surface area contributed by atoms with E-state index < -0.39 is 8.07 Å². The highest BCUT2D eigenvalue weighted by atomic mass is 28.3. The Morgan fingerprint density at radius 1 is 1.29 bits per heavy atom. The van der Waals surface area contributed by atoms with Crippen molar-refractivity contribution >= 4 is 30.0 Å². The molecule has 0 aliphatic rings. The maximum atomic E-state index is 9.39. The third kappa shape index (κ3) is 5.24. The summed E-state index contributed by atoms with van der Waals surface area (Å²) in [6.07, 6.45) is 4.35. The first kappa shape index (κ1) is 23.2. The Labute approximate surface area is 185 Å². The maximum absolute atomic E-state index is 9.39. The van der Waals surface area contributed by atoms with Gasteiger partial charge in [-0.3, -0.25) is 4.57 Å². The van der Waals surface area contributed by atoms with Crippen molar-refractivity contribution in [2.75, 3.05) is 20.2 Å². The number of nitriles is 1. The van der Waals surface area contributed by atoms with Gasteiger partial charge in [0, 0.05) is 32.8 Å². The van der Waals surface area contributed by atoms with Gasteiger partial charge in [0.25, 0.3) is 0 Å². The summed E-state index contributed by atoms with van der Waals surface area (Å²) in [5.41, 5.74) is 1.67. The molecule has 0 spiro atoms. The second-order valence-corrected chi connectivity index (χ2v) is 15.0. The quantitative estimate of drug-likeness (QED) is 0.369. The maximum Gasteiger partial charge on any atom is 0.146 e. The lowest BCUT2D eigenvalue weighted by Gasteiger charge is -2.29. The fraction of sp³-hybridized carbons (Fsp3) is 0.522. The topological polar surface area (TPSA) is 85.0 Å². The molecule has 0 aromatic carbocycles. The minimum atomic E-state index is -1.17. The molecule has 31 heavy (non-hydrogen) atoms. The molecule has 3 rings (SSSR count). The van der Waals surface area contributed by atoms with E-state index in [1.807, 2.05) is 23.7 Å².